The predicted octanol–water partition coefficient (Wildman–Crippen LogP) is 4.92. The summed E-state index contributed by atoms with van der Waals surface area (Å²) < 4.78 is 81.2. The quantitative estimate of drug-likeness (QED) is 0.309. The number of aromatic nitrogens is 5. The molecule has 14 heteroatoms. The Morgan fingerprint density at radius 1 is 1.11 bits per heavy atom. The molecule has 0 fully saturated rings. The fraction of sp³-hybridized carbons (Fsp3) is 0.292. The average molecular weight is 538 g/mol. The van der Waals surface area contributed by atoms with Gasteiger partial charge in [0.25, 0.3) is 17.5 Å². The number of alkyl halides is 5. The van der Waals surface area contributed by atoms with E-state index in [1.54, 1.807) is 18.1 Å². The lowest BCUT2D eigenvalue weighted by Crippen LogP contribution is -2.27. The molecule has 0 saturated heterocycles. The van der Waals surface area contributed by atoms with Crippen LogP contribution >= 0.6 is 0 Å². The number of aromatic amines is 1. The first-order chi connectivity index (χ1) is 18.0. The molecule has 0 aliphatic rings. The van der Waals surface area contributed by atoms with Crippen molar-refractivity contribution in [3.63, 3.8) is 0 Å². The largest absolute Gasteiger partial charge is 0.423 e. The van der Waals surface area contributed by atoms with E-state index in [1.165, 1.54) is 16.8 Å². The van der Waals surface area contributed by atoms with Gasteiger partial charge in [-0.2, -0.15) is 18.3 Å². The maximum atomic E-state index is 14.8. The van der Waals surface area contributed by atoms with Gasteiger partial charge in [-0.3, -0.25) is 19.6 Å². The summed E-state index contributed by atoms with van der Waals surface area (Å²) in [5, 5.41) is 8.30. The number of nitrogens with zero attached hydrogens (tertiary/aromatic N) is 4. The Kier molecular flexibility index (Phi) is 7.51. The van der Waals surface area contributed by atoms with E-state index in [4.69, 9.17) is 0 Å². The predicted molar refractivity (Wildman–Crippen MR) is 126 cm³/mol. The number of nitrogens with one attached hydrogen (secondary N) is 2. The van der Waals surface area contributed by atoms with E-state index in [0.717, 1.165) is 24.7 Å². The molecule has 3 aromatic heterocycles. The number of aryl methyl sites for hydroxylation is 1. The van der Waals surface area contributed by atoms with Gasteiger partial charge in [0, 0.05) is 24.3 Å². The van der Waals surface area contributed by atoms with Crippen LogP contribution in [0.2, 0.25) is 0 Å². The van der Waals surface area contributed by atoms with Crippen LogP contribution in [0.5, 0.6) is 0 Å². The number of halogens is 6. The lowest BCUT2D eigenvalue weighted by atomic mass is 10.1. The zero-order chi connectivity index (χ0) is 27.6. The summed E-state index contributed by atoms with van der Waals surface area (Å²) >= 11 is 0. The van der Waals surface area contributed by atoms with Crippen molar-refractivity contribution >= 4 is 16.5 Å². The molecule has 1 aromatic carbocycles. The van der Waals surface area contributed by atoms with Crippen molar-refractivity contribution in [2.75, 3.05) is 5.32 Å². The van der Waals surface area contributed by atoms with Crippen LogP contribution in [0.4, 0.5) is 32.0 Å². The van der Waals surface area contributed by atoms with Gasteiger partial charge >= 0.3 is 6.18 Å². The summed E-state index contributed by atoms with van der Waals surface area (Å²) in [6, 6.07) is 3.50. The second-order valence-electron chi connectivity index (χ2n) is 8.53. The third kappa shape index (κ3) is 5.68. The highest BCUT2D eigenvalue weighted by Crippen LogP contribution is 2.32. The highest BCUT2D eigenvalue weighted by molar-refractivity contribution is 5.86. The van der Waals surface area contributed by atoms with Gasteiger partial charge in [-0.1, -0.05) is 0 Å². The molecule has 4 rings (SSSR count). The minimum absolute atomic E-state index is 0.00432. The molecule has 200 valence electrons. The summed E-state index contributed by atoms with van der Waals surface area (Å²) in [5.74, 6) is -0.781. The van der Waals surface area contributed by atoms with Crippen LogP contribution in [-0.2, 0) is 12.7 Å². The average Bonchev–Trinajstić information content (AvgIpc) is 2.85. The first-order valence-electron chi connectivity index (χ1n) is 11.3. The Hall–Kier alpha value is -4.23. The molecule has 0 spiro atoms. The number of pyridine rings is 1. The molecule has 0 amide bonds. The van der Waals surface area contributed by atoms with Crippen molar-refractivity contribution in [3.8, 4) is 11.3 Å². The lowest BCUT2D eigenvalue weighted by molar-refractivity contribution is -0.138. The normalized spacial score (nSPS) is 12.7. The molecule has 0 aliphatic heterocycles. The molecule has 0 bridgehead atoms. The Morgan fingerprint density at radius 3 is 2.53 bits per heavy atom. The minimum atomic E-state index is -4.87. The van der Waals surface area contributed by atoms with Crippen LogP contribution in [0.25, 0.3) is 22.0 Å². The lowest BCUT2D eigenvalue weighted by Gasteiger charge is -2.18. The van der Waals surface area contributed by atoms with Crippen LogP contribution in [0.1, 0.15) is 37.4 Å². The second kappa shape index (κ2) is 10.6. The number of hydrogen-bond donors (Lipinski definition) is 2. The molecule has 0 saturated carbocycles. The zero-order valence-corrected chi connectivity index (χ0v) is 19.7. The number of benzene rings is 1. The summed E-state index contributed by atoms with van der Waals surface area (Å²) in [5.41, 5.74) is -4.17. The molecule has 0 radical (unpaired) electrons. The minimum Gasteiger partial charge on any atom is -0.381 e. The van der Waals surface area contributed by atoms with E-state index >= 15 is 0 Å². The highest BCUT2D eigenvalue weighted by atomic mass is 19.4. The van der Waals surface area contributed by atoms with Gasteiger partial charge in [0.05, 0.1) is 35.4 Å². The Balaban J connectivity index is 1.47. The topological polar surface area (TPSA) is 106 Å². The molecule has 3 heterocycles. The zero-order valence-electron chi connectivity index (χ0n) is 19.7. The molecule has 1 unspecified atom stereocenters. The smallest absolute Gasteiger partial charge is 0.381 e. The van der Waals surface area contributed by atoms with E-state index in [0.29, 0.717) is 18.2 Å². The van der Waals surface area contributed by atoms with Crippen LogP contribution in [-0.4, -0.2) is 30.8 Å². The molecule has 0 aliphatic carbocycles. The summed E-state index contributed by atoms with van der Waals surface area (Å²) in [7, 11) is 0. The van der Waals surface area contributed by atoms with Crippen molar-refractivity contribution in [1.82, 2.24) is 24.7 Å². The fourth-order valence-electron chi connectivity index (χ4n) is 3.96. The number of rotatable bonds is 8. The molecular weight excluding hydrogens is 518 g/mol. The van der Waals surface area contributed by atoms with Crippen LogP contribution in [0.3, 0.4) is 0 Å². The second-order valence-corrected chi connectivity index (χ2v) is 8.53. The molecule has 4 aromatic rings. The molecule has 1 atom stereocenters. The Bertz CT molecular complexity index is 1570. The van der Waals surface area contributed by atoms with Crippen molar-refractivity contribution in [2.24, 2.45) is 0 Å². The van der Waals surface area contributed by atoms with Gasteiger partial charge in [-0.25, -0.2) is 18.3 Å². The molecular formula is C24H20F6N6O2. The molecule has 2 N–H and O–H groups in total. The van der Waals surface area contributed by atoms with Gasteiger partial charge in [0.2, 0.25) is 0 Å². The first kappa shape index (κ1) is 26.8. The number of anilines is 1. The van der Waals surface area contributed by atoms with Crippen molar-refractivity contribution in [2.45, 2.75) is 45.0 Å². The van der Waals surface area contributed by atoms with Crippen molar-refractivity contribution in [1.29, 1.82) is 0 Å². The van der Waals surface area contributed by atoms with E-state index in [-0.39, 0.29) is 23.2 Å². The van der Waals surface area contributed by atoms with Gasteiger partial charge < -0.3 is 9.88 Å². The fourth-order valence-corrected chi connectivity index (χ4v) is 3.96. The van der Waals surface area contributed by atoms with Crippen LogP contribution < -0.4 is 16.4 Å². The van der Waals surface area contributed by atoms with E-state index in [1.807, 2.05) is 0 Å². The monoisotopic (exact) mass is 538 g/mol. The molecule has 8 nitrogen and oxygen atoms in total. The Labute approximate surface area is 210 Å². The van der Waals surface area contributed by atoms with E-state index < -0.39 is 52.5 Å². The van der Waals surface area contributed by atoms with Crippen LogP contribution in [0.15, 0.2) is 52.6 Å². The first-order valence-corrected chi connectivity index (χ1v) is 11.3. The summed E-state index contributed by atoms with van der Waals surface area (Å²) in [4.78, 5) is 31.9. The third-order valence-corrected chi connectivity index (χ3v) is 5.81. The summed E-state index contributed by atoms with van der Waals surface area (Å²) in [6.45, 7) is 1.82. The standard InChI is InChI=1S/C24H20F6N6O2/c1-12(34-18-11-33-35-22(37)20(18)24(28,29)30)3-2-5-36-6-4-13-7-15(16(25)8-14(13)23(36)38)17-9-32-19(10-31-17)21(26)27/h4,6-12,21H,2-3,5H2,1H3,(H2,34,35,37). The SMILES string of the molecule is CC(CCCn1ccc2cc(-c3cnc(C(F)F)cn3)c(F)cc2c1=O)Nc1cn[nH]c(=O)c1C(F)(F)F. The van der Waals surface area contributed by atoms with Crippen molar-refractivity contribution < 1.29 is 26.3 Å². The van der Waals surface area contributed by atoms with E-state index in [2.05, 4.69) is 20.4 Å². The third-order valence-electron chi connectivity index (χ3n) is 5.81. The maximum absolute atomic E-state index is 14.8. The van der Waals surface area contributed by atoms with Crippen LogP contribution in [0, 0.1) is 5.82 Å². The van der Waals surface area contributed by atoms with E-state index in [9.17, 15) is 35.9 Å². The molecule has 38 heavy (non-hydrogen) atoms. The number of H-pyrrole nitrogens is 1. The number of fused-ring (bicyclic) bond motifs is 1. The maximum Gasteiger partial charge on any atom is 0.423 e. The van der Waals surface area contributed by atoms with Gasteiger partial charge in [0.15, 0.2) is 0 Å². The van der Waals surface area contributed by atoms with Gasteiger partial charge in [-0.15, -0.1) is 0 Å². The van der Waals surface area contributed by atoms with Crippen molar-refractivity contribution in [3.05, 3.63) is 80.8 Å². The van der Waals surface area contributed by atoms with Gasteiger partial charge in [0.1, 0.15) is 17.1 Å². The highest BCUT2D eigenvalue weighted by Gasteiger charge is 2.37. The Morgan fingerprint density at radius 2 is 1.87 bits per heavy atom. The summed E-state index contributed by atoms with van der Waals surface area (Å²) in [6.07, 6.45) is -2.69. The van der Waals surface area contributed by atoms with Gasteiger partial charge in [-0.05, 0) is 43.4 Å². The number of hydrogen-bond acceptors (Lipinski definition) is 6.